The number of nitrogens with two attached hydrogens (primary N) is 1. The van der Waals surface area contributed by atoms with E-state index in [0.717, 1.165) is 30.6 Å². The molecule has 1 aliphatic rings. The number of amides is 2. The fraction of sp³-hybridized carbons (Fsp3) is 0.357. The molecule has 2 amide bonds. The third kappa shape index (κ3) is 3.71. The lowest BCUT2D eigenvalue weighted by molar-refractivity contribution is -0.140. The average Bonchev–Trinajstić information content (AvgIpc) is 2.45. The summed E-state index contributed by atoms with van der Waals surface area (Å²) >= 11 is 0. The van der Waals surface area contributed by atoms with Gasteiger partial charge in [-0.2, -0.15) is 0 Å². The van der Waals surface area contributed by atoms with E-state index in [4.69, 9.17) is 10.8 Å². The van der Waals surface area contributed by atoms with E-state index in [2.05, 4.69) is 10.6 Å². The number of carbonyl (C=O) groups excluding carboxylic acids is 2. The molecule has 0 fully saturated rings. The van der Waals surface area contributed by atoms with Gasteiger partial charge >= 0.3 is 5.97 Å². The highest BCUT2D eigenvalue weighted by molar-refractivity contribution is 5.98. The van der Waals surface area contributed by atoms with E-state index < -0.39 is 30.2 Å². The van der Waals surface area contributed by atoms with Crippen LogP contribution < -0.4 is 16.4 Å². The normalized spacial score (nSPS) is 14.5. The number of nitrogens with one attached hydrogen (secondary N) is 2. The summed E-state index contributed by atoms with van der Waals surface area (Å²) in [6.07, 6.45) is 1.41. The molecule has 1 heterocycles. The average molecular weight is 291 g/mol. The number of anilines is 1. The highest BCUT2D eigenvalue weighted by Crippen LogP contribution is 2.22. The Morgan fingerprint density at radius 3 is 2.81 bits per heavy atom. The zero-order valence-corrected chi connectivity index (χ0v) is 11.4. The summed E-state index contributed by atoms with van der Waals surface area (Å²) in [5.41, 5.74) is 7.36. The maximum absolute atomic E-state index is 12.1. The van der Waals surface area contributed by atoms with Crippen LogP contribution in [0.25, 0.3) is 0 Å². The molecule has 0 saturated heterocycles. The van der Waals surface area contributed by atoms with Crippen LogP contribution in [0, 0.1) is 0 Å². The Hall–Kier alpha value is -2.57. The number of hydrogen-bond donors (Lipinski definition) is 4. The molecule has 5 N–H and O–H groups in total. The van der Waals surface area contributed by atoms with Crippen LogP contribution in [0.4, 0.5) is 5.69 Å². The molecule has 1 aromatic carbocycles. The van der Waals surface area contributed by atoms with Crippen LogP contribution in [0.5, 0.6) is 0 Å². The lowest BCUT2D eigenvalue weighted by atomic mass is 10.0. The Balaban J connectivity index is 2.12. The zero-order valence-electron chi connectivity index (χ0n) is 11.4. The van der Waals surface area contributed by atoms with Crippen molar-refractivity contribution in [3.8, 4) is 0 Å². The number of rotatable bonds is 5. The van der Waals surface area contributed by atoms with Crippen LogP contribution in [0.3, 0.4) is 0 Å². The van der Waals surface area contributed by atoms with Crippen molar-refractivity contribution >= 4 is 23.5 Å². The Bertz CT molecular complexity index is 586. The van der Waals surface area contributed by atoms with Crippen molar-refractivity contribution in [3.63, 3.8) is 0 Å². The molecule has 21 heavy (non-hydrogen) atoms. The Kier molecular flexibility index (Phi) is 4.42. The van der Waals surface area contributed by atoms with Gasteiger partial charge in [0.05, 0.1) is 6.42 Å². The molecule has 1 atom stereocenters. The number of carboxylic acids is 1. The molecular formula is C14H17N3O4. The zero-order chi connectivity index (χ0) is 15.4. The van der Waals surface area contributed by atoms with Gasteiger partial charge in [0.25, 0.3) is 5.91 Å². The van der Waals surface area contributed by atoms with Gasteiger partial charge in [0.2, 0.25) is 5.91 Å². The molecular weight excluding hydrogens is 274 g/mol. The van der Waals surface area contributed by atoms with E-state index in [1.807, 2.05) is 0 Å². The second-order valence-corrected chi connectivity index (χ2v) is 4.94. The van der Waals surface area contributed by atoms with E-state index in [0.29, 0.717) is 5.56 Å². The van der Waals surface area contributed by atoms with Crippen LogP contribution >= 0.6 is 0 Å². The number of aliphatic carboxylic acids is 1. The predicted molar refractivity (Wildman–Crippen MR) is 76.0 cm³/mol. The van der Waals surface area contributed by atoms with E-state index in [9.17, 15) is 14.4 Å². The van der Waals surface area contributed by atoms with Gasteiger partial charge in [-0.1, -0.05) is 0 Å². The molecule has 7 heteroatoms. The van der Waals surface area contributed by atoms with Crippen molar-refractivity contribution in [3.05, 3.63) is 29.3 Å². The number of fused-ring (bicyclic) bond motifs is 1. The summed E-state index contributed by atoms with van der Waals surface area (Å²) in [4.78, 5) is 33.9. The number of hydrogen-bond acceptors (Lipinski definition) is 4. The monoisotopic (exact) mass is 291 g/mol. The van der Waals surface area contributed by atoms with E-state index in [1.165, 1.54) is 0 Å². The molecule has 1 aromatic rings. The smallest absolute Gasteiger partial charge is 0.326 e. The van der Waals surface area contributed by atoms with Crippen LogP contribution in [0.2, 0.25) is 0 Å². The van der Waals surface area contributed by atoms with Crippen LogP contribution in [0.15, 0.2) is 18.2 Å². The van der Waals surface area contributed by atoms with Crippen molar-refractivity contribution in [1.82, 2.24) is 5.32 Å². The van der Waals surface area contributed by atoms with Gasteiger partial charge in [-0.15, -0.1) is 0 Å². The first-order chi connectivity index (χ1) is 9.97. The van der Waals surface area contributed by atoms with Gasteiger partial charge in [-0.25, -0.2) is 4.79 Å². The summed E-state index contributed by atoms with van der Waals surface area (Å²) < 4.78 is 0. The minimum Gasteiger partial charge on any atom is -0.480 e. The van der Waals surface area contributed by atoms with Crippen molar-refractivity contribution in [2.24, 2.45) is 5.73 Å². The van der Waals surface area contributed by atoms with Gasteiger partial charge in [-0.05, 0) is 36.6 Å². The second-order valence-electron chi connectivity index (χ2n) is 4.94. The van der Waals surface area contributed by atoms with E-state index in [-0.39, 0.29) is 0 Å². The van der Waals surface area contributed by atoms with Gasteiger partial charge in [0.15, 0.2) is 0 Å². The predicted octanol–water partition coefficient (Wildman–Crippen LogP) is 0.103. The second kappa shape index (κ2) is 6.25. The van der Waals surface area contributed by atoms with Gasteiger partial charge in [0.1, 0.15) is 6.04 Å². The Morgan fingerprint density at radius 2 is 2.14 bits per heavy atom. The summed E-state index contributed by atoms with van der Waals surface area (Å²) in [5, 5.41) is 14.5. The molecule has 0 radical (unpaired) electrons. The summed E-state index contributed by atoms with van der Waals surface area (Å²) in [5.74, 6) is -2.60. The van der Waals surface area contributed by atoms with Crippen molar-refractivity contribution in [2.45, 2.75) is 25.3 Å². The van der Waals surface area contributed by atoms with Crippen LogP contribution in [0.1, 0.15) is 28.8 Å². The number of carboxylic acid groups (broad SMARTS) is 1. The largest absolute Gasteiger partial charge is 0.480 e. The maximum atomic E-state index is 12.1. The van der Waals surface area contributed by atoms with Crippen LogP contribution in [-0.2, 0) is 16.0 Å². The summed E-state index contributed by atoms with van der Waals surface area (Å²) in [6, 6.07) is 3.84. The van der Waals surface area contributed by atoms with Crippen molar-refractivity contribution in [2.75, 3.05) is 11.9 Å². The minimum absolute atomic E-state index is 0.369. The first kappa shape index (κ1) is 14.8. The number of benzene rings is 1. The molecule has 0 aliphatic carbocycles. The SMILES string of the molecule is NC(=O)CC(NC(=O)c1ccc2c(c1)CCCN2)C(=O)O. The number of aryl methyl sites for hydroxylation is 1. The lowest BCUT2D eigenvalue weighted by Crippen LogP contribution is -2.43. The third-order valence-electron chi connectivity index (χ3n) is 3.31. The molecule has 0 bridgehead atoms. The fourth-order valence-corrected chi connectivity index (χ4v) is 2.26. The highest BCUT2D eigenvalue weighted by atomic mass is 16.4. The summed E-state index contributed by atoms with van der Waals surface area (Å²) in [6.45, 7) is 0.901. The van der Waals surface area contributed by atoms with Gasteiger partial charge < -0.3 is 21.5 Å². The minimum atomic E-state index is -1.32. The molecule has 1 unspecified atom stereocenters. The molecule has 112 valence electrons. The van der Waals surface area contributed by atoms with Gasteiger partial charge in [-0.3, -0.25) is 9.59 Å². The molecule has 0 spiro atoms. The number of carbonyl (C=O) groups is 3. The first-order valence-electron chi connectivity index (χ1n) is 6.66. The molecule has 0 aromatic heterocycles. The first-order valence-corrected chi connectivity index (χ1v) is 6.66. The molecule has 7 nitrogen and oxygen atoms in total. The number of primary amides is 1. The van der Waals surface area contributed by atoms with Crippen LogP contribution in [-0.4, -0.2) is 35.5 Å². The lowest BCUT2D eigenvalue weighted by Gasteiger charge is -2.19. The Morgan fingerprint density at radius 1 is 1.38 bits per heavy atom. The van der Waals surface area contributed by atoms with Gasteiger partial charge in [0, 0.05) is 17.8 Å². The highest BCUT2D eigenvalue weighted by Gasteiger charge is 2.23. The molecule has 0 saturated carbocycles. The van der Waals surface area contributed by atoms with Crippen molar-refractivity contribution < 1.29 is 19.5 Å². The van der Waals surface area contributed by atoms with E-state index in [1.54, 1.807) is 18.2 Å². The summed E-state index contributed by atoms with van der Waals surface area (Å²) in [7, 11) is 0. The van der Waals surface area contributed by atoms with E-state index >= 15 is 0 Å². The maximum Gasteiger partial charge on any atom is 0.326 e. The Labute approximate surface area is 121 Å². The topological polar surface area (TPSA) is 122 Å². The quantitative estimate of drug-likeness (QED) is 0.613. The fourth-order valence-electron chi connectivity index (χ4n) is 2.26. The standard InChI is InChI=1S/C14H17N3O4/c15-12(18)7-11(14(20)21)17-13(19)9-3-4-10-8(6-9)2-1-5-16-10/h3-4,6,11,16H,1-2,5,7H2,(H2,15,18)(H,17,19)(H,20,21). The van der Waals surface area contributed by atoms with Crippen molar-refractivity contribution in [1.29, 1.82) is 0 Å². The third-order valence-corrected chi connectivity index (χ3v) is 3.31. The molecule has 1 aliphatic heterocycles. The molecule has 2 rings (SSSR count).